The maximum Gasteiger partial charge on any atom is 0.283 e. The number of hydrogen-bond donors (Lipinski definition) is 2. The number of thiazole rings is 1. The molecule has 0 unspecified atom stereocenters. The minimum Gasteiger partial charge on any atom is -0.490 e. The molecule has 9 heteroatoms. The summed E-state index contributed by atoms with van der Waals surface area (Å²) in [5.74, 6) is 0.636. The number of hydrazone groups is 1. The summed E-state index contributed by atoms with van der Waals surface area (Å²) in [6, 6.07) is 3.44. The molecule has 0 saturated carbocycles. The van der Waals surface area contributed by atoms with Gasteiger partial charge in [0.1, 0.15) is 4.88 Å². The first-order chi connectivity index (χ1) is 12.3. The van der Waals surface area contributed by atoms with Crippen LogP contribution in [0.1, 0.15) is 41.7 Å². The van der Waals surface area contributed by atoms with Gasteiger partial charge in [0.25, 0.3) is 5.91 Å². The molecule has 0 aliphatic heterocycles. The number of ether oxygens (including phenoxy) is 2. The molecule has 2 aromatic rings. The first-order valence-electron chi connectivity index (χ1n) is 8.01. The zero-order valence-corrected chi connectivity index (χ0v) is 16.6. The van der Waals surface area contributed by atoms with Crippen LogP contribution in [0.3, 0.4) is 0 Å². The fraction of sp³-hybridized carbons (Fsp3) is 0.353. The molecule has 0 aliphatic rings. The molecule has 1 aromatic carbocycles. The Labute approximate surface area is 161 Å². The van der Waals surface area contributed by atoms with Gasteiger partial charge in [-0.05, 0) is 45.4 Å². The summed E-state index contributed by atoms with van der Waals surface area (Å²) >= 11 is 7.41. The molecular formula is C17H21ClN4O3S. The van der Waals surface area contributed by atoms with Gasteiger partial charge >= 0.3 is 0 Å². The number of nitrogens with zero attached hydrogens (tertiary/aromatic N) is 2. The van der Waals surface area contributed by atoms with E-state index in [4.69, 9.17) is 26.8 Å². The van der Waals surface area contributed by atoms with Crippen LogP contribution in [-0.4, -0.2) is 29.8 Å². The molecule has 0 atom stereocenters. The summed E-state index contributed by atoms with van der Waals surface area (Å²) in [4.78, 5) is 16.5. The molecule has 0 saturated heterocycles. The Kier molecular flexibility index (Phi) is 6.82. The van der Waals surface area contributed by atoms with Crippen molar-refractivity contribution in [3.8, 4) is 11.5 Å². The van der Waals surface area contributed by atoms with Crippen molar-refractivity contribution in [2.24, 2.45) is 5.10 Å². The Bertz CT molecular complexity index is 821. The Morgan fingerprint density at radius 1 is 1.50 bits per heavy atom. The van der Waals surface area contributed by atoms with Crippen molar-refractivity contribution in [2.45, 2.75) is 33.8 Å². The minimum atomic E-state index is -0.371. The van der Waals surface area contributed by atoms with E-state index in [0.29, 0.717) is 44.4 Å². The summed E-state index contributed by atoms with van der Waals surface area (Å²) in [6.07, 6.45) is 1.44. The van der Waals surface area contributed by atoms with Gasteiger partial charge in [-0.3, -0.25) is 4.79 Å². The van der Waals surface area contributed by atoms with Gasteiger partial charge in [0, 0.05) is 0 Å². The van der Waals surface area contributed by atoms with Gasteiger partial charge in [0.05, 0.1) is 29.6 Å². The van der Waals surface area contributed by atoms with E-state index in [1.165, 1.54) is 6.21 Å². The number of anilines is 1. The molecule has 1 heterocycles. The highest BCUT2D eigenvalue weighted by Crippen LogP contribution is 2.37. The SMILES string of the molecule is CCOc1cc(/C=N\NC(=O)c2sc(N)nc2C)cc(Cl)c1OC(C)C. The molecule has 3 N–H and O–H groups in total. The number of nitrogens with two attached hydrogens (primary N) is 1. The highest BCUT2D eigenvalue weighted by atomic mass is 35.5. The molecule has 1 aromatic heterocycles. The number of halogens is 1. The van der Waals surface area contributed by atoms with Crippen LogP contribution < -0.4 is 20.6 Å². The lowest BCUT2D eigenvalue weighted by Crippen LogP contribution is -2.17. The first kappa shape index (κ1) is 20.0. The van der Waals surface area contributed by atoms with Gasteiger partial charge in [0.2, 0.25) is 0 Å². The number of aryl methyl sites for hydroxylation is 1. The maximum atomic E-state index is 12.1. The van der Waals surface area contributed by atoms with Gasteiger partial charge in [-0.25, -0.2) is 10.4 Å². The fourth-order valence-electron chi connectivity index (χ4n) is 2.12. The Balaban J connectivity index is 2.16. The first-order valence-corrected chi connectivity index (χ1v) is 9.20. The van der Waals surface area contributed by atoms with Crippen LogP contribution in [0, 0.1) is 6.92 Å². The van der Waals surface area contributed by atoms with Crippen LogP contribution in [0.2, 0.25) is 5.02 Å². The predicted octanol–water partition coefficient (Wildman–Crippen LogP) is 3.64. The summed E-state index contributed by atoms with van der Waals surface area (Å²) < 4.78 is 11.3. The predicted molar refractivity (Wildman–Crippen MR) is 105 cm³/mol. The molecule has 26 heavy (non-hydrogen) atoms. The number of carbonyl (C=O) groups excluding carboxylic acids is 1. The average Bonchev–Trinajstić information content (AvgIpc) is 2.89. The number of amides is 1. The molecule has 0 aliphatic carbocycles. The summed E-state index contributed by atoms with van der Waals surface area (Å²) in [6.45, 7) is 7.87. The van der Waals surface area contributed by atoms with Crippen LogP contribution in [0.15, 0.2) is 17.2 Å². The lowest BCUT2D eigenvalue weighted by atomic mass is 10.2. The average molecular weight is 397 g/mol. The van der Waals surface area contributed by atoms with Gasteiger partial charge in [0.15, 0.2) is 16.6 Å². The van der Waals surface area contributed by atoms with Gasteiger partial charge in [-0.1, -0.05) is 22.9 Å². The lowest BCUT2D eigenvalue weighted by molar-refractivity contribution is 0.0958. The number of hydrogen-bond acceptors (Lipinski definition) is 7. The molecule has 0 radical (unpaired) electrons. The molecular weight excluding hydrogens is 376 g/mol. The standard InChI is InChI=1S/C17H21ClN4O3S/c1-5-24-13-7-11(6-12(18)14(13)25-9(2)3)8-20-22-16(23)15-10(4)21-17(19)26-15/h6-9H,5H2,1-4H3,(H2,19,21)(H,22,23)/b20-8-. The second-order valence-corrected chi connectivity index (χ2v) is 7.03. The number of nitrogen functional groups attached to an aromatic ring is 1. The smallest absolute Gasteiger partial charge is 0.283 e. The monoisotopic (exact) mass is 396 g/mol. The third-order valence-corrected chi connectivity index (χ3v) is 4.35. The summed E-state index contributed by atoms with van der Waals surface area (Å²) in [5, 5.41) is 4.70. The Hall–Kier alpha value is -2.32. The fourth-order valence-corrected chi connectivity index (χ4v) is 3.11. The Morgan fingerprint density at radius 2 is 2.23 bits per heavy atom. The molecule has 140 valence electrons. The van der Waals surface area contributed by atoms with E-state index in [1.54, 1.807) is 19.1 Å². The van der Waals surface area contributed by atoms with Crippen LogP contribution in [0.25, 0.3) is 0 Å². The quantitative estimate of drug-likeness (QED) is 0.549. The number of aromatic nitrogens is 1. The largest absolute Gasteiger partial charge is 0.490 e. The van der Waals surface area contributed by atoms with Crippen molar-refractivity contribution in [1.29, 1.82) is 0 Å². The highest BCUT2D eigenvalue weighted by Gasteiger charge is 2.15. The van der Waals surface area contributed by atoms with Crippen molar-refractivity contribution >= 4 is 40.2 Å². The number of carbonyl (C=O) groups is 1. The lowest BCUT2D eigenvalue weighted by Gasteiger charge is -2.16. The molecule has 7 nitrogen and oxygen atoms in total. The molecule has 2 rings (SSSR count). The zero-order chi connectivity index (χ0) is 19.3. The van der Waals surface area contributed by atoms with E-state index in [-0.39, 0.29) is 12.0 Å². The van der Waals surface area contributed by atoms with Crippen molar-refractivity contribution in [1.82, 2.24) is 10.4 Å². The van der Waals surface area contributed by atoms with E-state index in [0.717, 1.165) is 11.3 Å². The van der Waals surface area contributed by atoms with Crippen molar-refractivity contribution in [2.75, 3.05) is 12.3 Å². The number of benzene rings is 1. The van der Waals surface area contributed by atoms with Crippen LogP contribution in [0.4, 0.5) is 5.13 Å². The molecule has 0 bridgehead atoms. The second kappa shape index (κ2) is 8.86. The van der Waals surface area contributed by atoms with E-state index in [9.17, 15) is 4.79 Å². The maximum absolute atomic E-state index is 12.1. The van der Waals surface area contributed by atoms with Gasteiger partial charge < -0.3 is 15.2 Å². The van der Waals surface area contributed by atoms with E-state index >= 15 is 0 Å². The van der Waals surface area contributed by atoms with Crippen molar-refractivity contribution in [3.05, 3.63) is 33.3 Å². The minimum absolute atomic E-state index is 0.0411. The van der Waals surface area contributed by atoms with E-state index in [1.807, 2.05) is 20.8 Å². The zero-order valence-electron chi connectivity index (χ0n) is 15.0. The van der Waals surface area contributed by atoms with Crippen LogP contribution in [-0.2, 0) is 0 Å². The second-order valence-electron chi connectivity index (χ2n) is 5.60. The molecule has 1 amide bonds. The molecule has 0 fully saturated rings. The Morgan fingerprint density at radius 3 is 2.81 bits per heavy atom. The van der Waals surface area contributed by atoms with Crippen LogP contribution >= 0.6 is 22.9 Å². The van der Waals surface area contributed by atoms with Crippen LogP contribution in [0.5, 0.6) is 11.5 Å². The number of rotatable bonds is 7. The third kappa shape index (κ3) is 5.09. The molecule has 0 spiro atoms. The van der Waals surface area contributed by atoms with Crippen molar-refractivity contribution in [3.63, 3.8) is 0 Å². The summed E-state index contributed by atoms with van der Waals surface area (Å²) in [7, 11) is 0. The topological polar surface area (TPSA) is 98.8 Å². The van der Waals surface area contributed by atoms with Gasteiger partial charge in [-0.2, -0.15) is 5.10 Å². The van der Waals surface area contributed by atoms with E-state index < -0.39 is 0 Å². The van der Waals surface area contributed by atoms with Gasteiger partial charge in [-0.15, -0.1) is 0 Å². The summed E-state index contributed by atoms with van der Waals surface area (Å²) in [5.41, 5.74) is 9.27. The third-order valence-electron chi connectivity index (χ3n) is 3.08. The van der Waals surface area contributed by atoms with E-state index in [2.05, 4.69) is 15.5 Å². The van der Waals surface area contributed by atoms with Crippen molar-refractivity contribution < 1.29 is 14.3 Å². The number of nitrogens with one attached hydrogen (secondary N) is 1. The normalized spacial score (nSPS) is 11.2. The highest BCUT2D eigenvalue weighted by molar-refractivity contribution is 7.17.